The van der Waals surface area contributed by atoms with E-state index in [2.05, 4.69) is 25.2 Å². The molecule has 1 N–H and O–H groups in total. The van der Waals surface area contributed by atoms with Gasteiger partial charge >= 0.3 is 0 Å². The summed E-state index contributed by atoms with van der Waals surface area (Å²) in [5, 5.41) is 3.90. The molecule has 106 valence electrons. The second-order valence-corrected chi connectivity index (χ2v) is 5.10. The standard InChI is InChI=1S/C15H22ClNO2/c1-11(2)10-17-7-5-6-12-8-13(16)15(19-4)14(9-12)18-3/h5-6,8-9,11,17H,7,10H2,1-4H3. The number of halogens is 1. The summed E-state index contributed by atoms with van der Waals surface area (Å²) < 4.78 is 10.5. The molecule has 0 radical (unpaired) electrons. The summed E-state index contributed by atoms with van der Waals surface area (Å²) in [6.45, 7) is 6.22. The first-order valence-electron chi connectivity index (χ1n) is 6.37. The summed E-state index contributed by atoms with van der Waals surface area (Å²) in [4.78, 5) is 0. The van der Waals surface area contributed by atoms with Crippen LogP contribution in [0, 0.1) is 5.92 Å². The normalized spacial score (nSPS) is 11.3. The van der Waals surface area contributed by atoms with Crippen LogP contribution in [0.2, 0.25) is 5.02 Å². The van der Waals surface area contributed by atoms with E-state index in [9.17, 15) is 0 Å². The molecule has 0 aromatic heterocycles. The molecule has 0 fully saturated rings. The molecular formula is C15H22ClNO2. The van der Waals surface area contributed by atoms with E-state index in [0.717, 1.165) is 18.7 Å². The molecule has 0 spiro atoms. The van der Waals surface area contributed by atoms with Crippen LogP contribution in [0.4, 0.5) is 0 Å². The van der Waals surface area contributed by atoms with Gasteiger partial charge in [0.15, 0.2) is 11.5 Å². The van der Waals surface area contributed by atoms with E-state index < -0.39 is 0 Å². The molecule has 0 aliphatic heterocycles. The van der Waals surface area contributed by atoms with E-state index in [0.29, 0.717) is 22.4 Å². The van der Waals surface area contributed by atoms with Crippen molar-refractivity contribution in [2.75, 3.05) is 27.3 Å². The van der Waals surface area contributed by atoms with E-state index >= 15 is 0 Å². The number of ether oxygens (including phenoxy) is 2. The Hall–Kier alpha value is -1.19. The van der Waals surface area contributed by atoms with Gasteiger partial charge in [0.25, 0.3) is 0 Å². The van der Waals surface area contributed by atoms with Crippen LogP contribution >= 0.6 is 11.6 Å². The van der Waals surface area contributed by atoms with Gasteiger partial charge in [0, 0.05) is 6.54 Å². The maximum absolute atomic E-state index is 6.14. The van der Waals surface area contributed by atoms with Crippen molar-refractivity contribution in [2.45, 2.75) is 13.8 Å². The molecule has 0 aliphatic rings. The number of hydrogen-bond donors (Lipinski definition) is 1. The second-order valence-electron chi connectivity index (χ2n) is 4.69. The smallest absolute Gasteiger partial charge is 0.179 e. The summed E-state index contributed by atoms with van der Waals surface area (Å²) in [7, 11) is 3.18. The molecule has 4 heteroatoms. The molecule has 0 bridgehead atoms. The quantitative estimate of drug-likeness (QED) is 0.776. The highest BCUT2D eigenvalue weighted by Crippen LogP contribution is 2.36. The summed E-state index contributed by atoms with van der Waals surface area (Å²) in [5.74, 6) is 1.87. The van der Waals surface area contributed by atoms with Gasteiger partial charge in [0.05, 0.1) is 19.2 Å². The van der Waals surface area contributed by atoms with Gasteiger partial charge in [0.1, 0.15) is 0 Å². The highest BCUT2D eigenvalue weighted by atomic mass is 35.5. The molecule has 0 aliphatic carbocycles. The predicted octanol–water partition coefficient (Wildman–Crippen LogP) is 3.62. The van der Waals surface area contributed by atoms with Gasteiger partial charge in [0.2, 0.25) is 0 Å². The Morgan fingerprint density at radius 2 is 2.00 bits per heavy atom. The zero-order chi connectivity index (χ0) is 14.3. The monoisotopic (exact) mass is 283 g/mol. The SMILES string of the molecule is COc1cc(C=CCNCC(C)C)cc(Cl)c1OC. The van der Waals surface area contributed by atoms with Crippen LogP contribution in [0.1, 0.15) is 19.4 Å². The lowest BCUT2D eigenvalue weighted by atomic mass is 10.2. The average molecular weight is 284 g/mol. The molecule has 3 nitrogen and oxygen atoms in total. The fraction of sp³-hybridized carbons (Fsp3) is 0.467. The van der Waals surface area contributed by atoms with E-state index in [4.69, 9.17) is 21.1 Å². The van der Waals surface area contributed by atoms with Gasteiger partial charge in [-0.15, -0.1) is 0 Å². The molecular weight excluding hydrogens is 262 g/mol. The van der Waals surface area contributed by atoms with Gasteiger partial charge in [-0.3, -0.25) is 0 Å². The highest BCUT2D eigenvalue weighted by molar-refractivity contribution is 6.32. The molecule has 0 saturated heterocycles. The van der Waals surface area contributed by atoms with Crippen LogP contribution in [-0.2, 0) is 0 Å². The van der Waals surface area contributed by atoms with Crippen molar-refractivity contribution in [1.29, 1.82) is 0 Å². The molecule has 0 amide bonds. The van der Waals surface area contributed by atoms with Crippen molar-refractivity contribution >= 4 is 17.7 Å². The number of nitrogens with one attached hydrogen (secondary N) is 1. The van der Waals surface area contributed by atoms with E-state index in [1.807, 2.05) is 18.2 Å². The van der Waals surface area contributed by atoms with Gasteiger partial charge in [-0.05, 0) is 30.2 Å². The van der Waals surface area contributed by atoms with Gasteiger partial charge in [-0.25, -0.2) is 0 Å². The average Bonchev–Trinajstić information content (AvgIpc) is 2.37. The fourth-order valence-corrected chi connectivity index (χ4v) is 1.98. The minimum absolute atomic E-state index is 0.552. The van der Waals surface area contributed by atoms with Crippen molar-refractivity contribution < 1.29 is 9.47 Å². The topological polar surface area (TPSA) is 30.5 Å². The molecule has 1 aromatic rings. The van der Waals surface area contributed by atoms with Crippen LogP contribution in [0.3, 0.4) is 0 Å². The molecule has 0 unspecified atom stereocenters. The van der Waals surface area contributed by atoms with Crippen LogP contribution in [0.15, 0.2) is 18.2 Å². The molecule has 1 aromatic carbocycles. The van der Waals surface area contributed by atoms with Crippen molar-refractivity contribution in [1.82, 2.24) is 5.32 Å². The van der Waals surface area contributed by atoms with Crippen LogP contribution in [-0.4, -0.2) is 27.3 Å². The molecule has 0 atom stereocenters. The maximum Gasteiger partial charge on any atom is 0.179 e. The minimum Gasteiger partial charge on any atom is -0.493 e. The van der Waals surface area contributed by atoms with Crippen LogP contribution < -0.4 is 14.8 Å². The fourth-order valence-electron chi connectivity index (χ4n) is 1.68. The van der Waals surface area contributed by atoms with E-state index in [1.54, 1.807) is 14.2 Å². The number of methoxy groups -OCH3 is 2. The first-order valence-corrected chi connectivity index (χ1v) is 6.75. The summed E-state index contributed by atoms with van der Waals surface area (Å²) in [6.07, 6.45) is 4.08. The largest absolute Gasteiger partial charge is 0.493 e. The number of rotatable bonds is 7. The number of benzene rings is 1. The summed E-state index contributed by atoms with van der Waals surface area (Å²) >= 11 is 6.14. The third-order valence-electron chi connectivity index (χ3n) is 2.58. The second kappa shape index (κ2) is 8.08. The van der Waals surface area contributed by atoms with Gasteiger partial charge < -0.3 is 14.8 Å². The Bertz CT molecular complexity index is 430. The first kappa shape index (κ1) is 15.9. The zero-order valence-corrected chi connectivity index (χ0v) is 12.8. The van der Waals surface area contributed by atoms with Gasteiger partial charge in [-0.2, -0.15) is 0 Å². The Balaban J connectivity index is 2.68. The molecule has 19 heavy (non-hydrogen) atoms. The summed E-state index contributed by atoms with van der Waals surface area (Å²) in [5.41, 5.74) is 0.994. The van der Waals surface area contributed by atoms with Crippen molar-refractivity contribution in [3.63, 3.8) is 0 Å². The van der Waals surface area contributed by atoms with Crippen molar-refractivity contribution in [2.24, 2.45) is 5.92 Å². The third-order valence-corrected chi connectivity index (χ3v) is 2.86. The number of hydrogen-bond acceptors (Lipinski definition) is 3. The molecule has 0 saturated carbocycles. The van der Waals surface area contributed by atoms with E-state index in [1.165, 1.54) is 0 Å². The Morgan fingerprint density at radius 1 is 1.26 bits per heavy atom. The summed E-state index contributed by atoms with van der Waals surface area (Å²) in [6, 6.07) is 3.77. The van der Waals surface area contributed by atoms with E-state index in [-0.39, 0.29) is 0 Å². The zero-order valence-electron chi connectivity index (χ0n) is 12.0. The third kappa shape index (κ3) is 5.13. The van der Waals surface area contributed by atoms with Gasteiger partial charge in [-0.1, -0.05) is 37.6 Å². The maximum atomic E-state index is 6.14. The Labute approximate surface area is 120 Å². The molecule has 1 rings (SSSR count). The first-order chi connectivity index (χ1) is 9.08. The van der Waals surface area contributed by atoms with Crippen molar-refractivity contribution in [3.8, 4) is 11.5 Å². The lowest BCUT2D eigenvalue weighted by Crippen LogP contribution is -2.19. The predicted molar refractivity (Wildman–Crippen MR) is 81.3 cm³/mol. The Morgan fingerprint density at radius 3 is 2.58 bits per heavy atom. The van der Waals surface area contributed by atoms with Crippen molar-refractivity contribution in [3.05, 3.63) is 28.8 Å². The highest BCUT2D eigenvalue weighted by Gasteiger charge is 2.09. The van der Waals surface area contributed by atoms with Crippen LogP contribution in [0.25, 0.3) is 6.08 Å². The lowest BCUT2D eigenvalue weighted by molar-refractivity contribution is 0.355. The molecule has 0 heterocycles. The lowest BCUT2D eigenvalue weighted by Gasteiger charge is -2.10. The van der Waals surface area contributed by atoms with Crippen LogP contribution in [0.5, 0.6) is 11.5 Å². The minimum atomic E-state index is 0.552. The Kier molecular flexibility index (Phi) is 6.74.